The summed E-state index contributed by atoms with van der Waals surface area (Å²) in [4.78, 5) is 23.9. The van der Waals surface area contributed by atoms with Crippen LogP contribution in [0.3, 0.4) is 0 Å². The molecule has 0 aliphatic rings. The number of amides is 1. The van der Waals surface area contributed by atoms with E-state index in [0.717, 1.165) is 0 Å². The quantitative estimate of drug-likeness (QED) is 0.774. The van der Waals surface area contributed by atoms with Crippen LogP contribution >= 0.6 is 0 Å². The third kappa shape index (κ3) is 3.85. The molecule has 1 aromatic rings. The normalized spacial score (nSPS) is 10.3. The lowest BCUT2D eigenvalue weighted by atomic mass is 10.3. The number of ether oxygens (including phenoxy) is 1. The average molecular weight is 256 g/mol. The second kappa shape index (κ2) is 6.75. The highest BCUT2D eigenvalue weighted by atomic mass is 16.5. The Morgan fingerprint density at radius 3 is 2.83 bits per heavy atom. The molecule has 1 N–H and O–H groups in total. The molecule has 0 unspecified atom stereocenters. The number of nitrogens with zero attached hydrogens (tertiary/aromatic N) is 2. The molecule has 0 saturated carbocycles. The first-order chi connectivity index (χ1) is 8.58. The van der Waals surface area contributed by atoms with E-state index in [1.54, 1.807) is 0 Å². The number of carboxylic acids is 1. The summed E-state index contributed by atoms with van der Waals surface area (Å²) in [5, 5.41) is 12.3. The molecule has 1 amide bonds. The fourth-order valence-corrected chi connectivity index (χ4v) is 1.47. The number of aliphatic carboxylic acids is 1. The molecule has 1 rings (SSSR count). The lowest BCUT2D eigenvalue weighted by Gasteiger charge is -2.18. The number of carbonyl (C=O) groups excluding carboxylic acids is 1. The van der Waals surface area contributed by atoms with Crippen molar-refractivity contribution in [3.05, 3.63) is 17.5 Å². The molecule has 18 heavy (non-hydrogen) atoms. The fraction of sp³-hybridized carbons (Fsp3) is 0.545. The molecule has 1 aromatic heterocycles. The molecule has 0 spiro atoms. The topological polar surface area (TPSA) is 92.9 Å². The van der Waals surface area contributed by atoms with E-state index in [2.05, 4.69) is 5.16 Å². The average Bonchev–Trinajstić information content (AvgIpc) is 2.76. The Morgan fingerprint density at radius 2 is 2.28 bits per heavy atom. The molecular weight excluding hydrogens is 240 g/mol. The van der Waals surface area contributed by atoms with Gasteiger partial charge in [0, 0.05) is 19.7 Å². The van der Waals surface area contributed by atoms with Crippen molar-refractivity contribution < 1.29 is 24.0 Å². The first-order valence-electron chi connectivity index (χ1n) is 5.54. The monoisotopic (exact) mass is 256 g/mol. The van der Waals surface area contributed by atoms with E-state index in [4.69, 9.17) is 14.4 Å². The molecule has 7 heteroatoms. The second-order valence-corrected chi connectivity index (χ2v) is 3.73. The maximum absolute atomic E-state index is 12.0. The first kappa shape index (κ1) is 14.2. The minimum absolute atomic E-state index is 0.0942. The van der Waals surface area contributed by atoms with Crippen LogP contribution in [0.5, 0.6) is 0 Å². The van der Waals surface area contributed by atoms with E-state index in [1.807, 2.05) is 6.92 Å². The highest BCUT2D eigenvalue weighted by Gasteiger charge is 2.21. The number of hydrogen-bond donors (Lipinski definition) is 1. The minimum atomic E-state index is -1.06. The van der Waals surface area contributed by atoms with Crippen LogP contribution in [0.1, 0.15) is 29.6 Å². The molecule has 100 valence electrons. The van der Waals surface area contributed by atoms with Gasteiger partial charge in [-0.2, -0.15) is 0 Å². The Labute approximate surface area is 104 Å². The summed E-state index contributed by atoms with van der Waals surface area (Å²) < 4.78 is 9.73. The van der Waals surface area contributed by atoms with E-state index < -0.39 is 11.9 Å². The van der Waals surface area contributed by atoms with Gasteiger partial charge in [-0.15, -0.1) is 0 Å². The van der Waals surface area contributed by atoms with E-state index in [1.165, 1.54) is 18.1 Å². The lowest BCUT2D eigenvalue weighted by Crippen LogP contribution is -2.36. The zero-order valence-electron chi connectivity index (χ0n) is 10.4. The van der Waals surface area contributed by atoms with Crippen molar-refractivity contribution in [2.75, 3.05) is 20.2 Å². The van der Waals surface area contributed by atoms with Gasteiger partial charge in [0.2, 0.25) is 0 Å². The van der Waals surface area contributed by atoms with Gasteiger partial charge in [0.25, 0.3) is 5.91 Å². The van der Waals surface area contributed by atoms with Crippen molar-refractivity contribution in [2.24, 2.45) is 0 Å². The molecule has 0 bridgehead atoms. The summed E-state index contributed by atoms with van der Waals surface area (Å²) in [6.07, 6.45) is 0.668. The zero-order chi connectivity index (χ0) is 13.5. The SMILES string of the molecule is CCCN(CC(=O)O)C(=O)c1cc(COC)on1. The van der Waals surface area contributed by atoms with Crippen LogP contribution in [0.25, 0.3) is 0 Å². The summed E-state index contributed by atoms with van der Waals surface area (Å²) in [5.74, 6) is -1.09. The Hall–Kier alpha value is -1.89. The van der Waals surface area contributed by atoms with Crippen molar-refractivity contribution in [3.8, 4) is 0 Å². The first-order valence-corrected chi connectivity index (χ1v) is 5.54. The minimum Gasteiger partial charge on any atom is -0.480 e. The Bertz CT molecular complexity index is 415. The number of carboxylic acid groups (broad SMARTS) is 1. The van der Waals surface area contributed by atoms with Crippen molar-refractivity contribution in [1.29, 1.82) is 0 Å². The number of hydrogen-bond acceptors (Lipinski definition) is 5. The van der Waals surface area contributed by atoms with Gasteiger partial charge in [-0.05, 0) is 6.42 Å². The second-order valence-electron chi connectivity index (χ2n) is 3.73. The van der Waals surface area contributed by atoms with E-state index in [0.29, 0.717) is 18.7 Å². The molecule has 0 radical (unpaired) electrons. The fourth-order valence-electron chi connectivity index (χ4n) is 1.47. The van der Waals surface area contributed by atoms with Crippen LogP contribution in [0.15, 0.2) is 10.6 Å². The maximum Gasteiger partial charge on any atom is 0.323 e. The summed E-state index contributed by atoms with van der Waals surface area (Å²) in [5.41, 5.74) is 0.0942. The molecule has 0 aromatic carbocycles. The van der Waals surface area contributed by atoms with E-state index in [9.17, 15) is 9.59 Å². The molecular formula is C11H16N2O5. The van der Waals surface area contributed by atoms with Crippen molar-refractivity contribution in [2.45, 2.75) is 20.0 Å². The number of aromatic nitrogens is 1. The van der Waals surface area contributed by atoms with Gasteiger partial charge in [0.15, 0.2) is 11.5 Å². The van der Waals surface area contributed by atoms with Gasteiger partial charge in [-0.1, -0.05) is 12.1 Å². The molecule has 1 heterocycles. The Morgan fingerprint density at radius 1 is 1.56 bits per heavy atom. The smallest absolute Gasteiger partial charge is 0.323 e. The summed E-state index contributed by atoms with van der Waals surface area (Å²) in [6.45, 7) is 2.09. The highest BCUT2D eigenvalue weighted by molar-refractivity contribution is 5.94. The number of methoxy groups -OCH3 is 1. The summed E-state index contributed by atoms with van der Waals surface area (Å²) in [6, 6.07) is 1.45. The van der Waals surface area contributed by atoms with Crippen LogP contribution in [0.2, 0.25) is 0 Å². The molecule has 0 saturated heterocycles. The molecule has 7 nitrogen and oxygen atoms in total. The number of carbonyl (C=O) groups is 2. The third-order valence-corrected chi connectivity index (χ3v) is 2.17. The summed E-state index contributed by atoms with van der Waals surface area (Å²) in [7, 11) is 1.50. The van der Waals surface area contributed by atoms with E-state index in [-0.39, 0.29) is 18.8 Å². The van der Waals surface area contributed by atoms with Gasteiger partial charge >= 0.3 is 5.97 Å². The Balaban J connectivity index is 2.77. The van der Waals surface area contributed by atoms with Crippen LogP contribution in [-0.4, -0.2) is 47.2 Å². The van der Waals surface area contributed by atoms with Crippen LogP contribution in [0.4, 0.5) is 0 Å². The number of rotatable bonds is 7. The van der Waals surface area contributed by atoms with Gasteiger partial charge in [-0.3, -0.25) is 9.59 Å². The molecule has 0 fully saturated rings. The van der Waals surface area contributed by atoms with Gasteiger partial charge in [-0.25, -0.2) is 0 Å². The van der Waals surface area contributed by atoms with E-state index >= 15 is 0 Å². The molecule has 0 aliphatic heterocycles. The standard InChI is InChI=1S/C11H16N2O5/c1-3-4-13(6-10(14)15)11(16)9-5-8(7-17-2)18-12-9/h5H,3-4,6-7H2,1-2H3,(H,14,15). The predicted octanol–water partition coefficient (Wildman–Crippen LogP) is 0.758. The summed E-state index contributed by atoms with van der Waals surface area (Å²) >= 11 is 0. The van der Waals surface area contributed by atoms with Gasteiger partial charge in [0.1, 0.15) is 13.2 Å². The zero-order valence-corrected chi connectivity index (χ0v) is 10.4. The molecule has 0 atom stereocenters. The maximum atomic E-state index is 12.0. The third-order valence-electron chi connectivity index (χ3n) is 2.17. The van der Waals surface area contributed by atoms with Crippen LogP contribution in [-0.2, 0) is 16.1 Å². The van der Waals surface area contributed by atoms with Gasteiger partial charge < -0.3 is 19.3 Å². The van der Waals surface area contributed by atoms with Crippen LogP contribution in [0, 0.1) is 0 Å². The van der Waals surface area contributed by atoms with Crippen molar-refractivity contribution in [1.82, 2.24) is 10.1 Å². The van der Waals surface area contributed by atoms with Crippen molar-refractivity contribution in [3.63, 3.8) is 0 Å². The van der Waals surface area contributed by atoms with Crippen LogP contribution < -0.4 is 0 Å². The van der Waals surface area contributed by atoms with Crippen molar-refractivity contribution >= 4 is 11.9 Å². The Kier molecular flexibility index (Phi) is 5.31. The molecule has 0 aliphatic carbocycles. The lowest BCUT2D eigenvalue weighted by molar-refractivity contribution is -0.137. The van der Waals surface area contributed by atoms with Gasteiger partial charge in [0.05, 0.1) is 0 Å². The predicted molar refractivity (Wildman–Crippen MR) is 61.0 cm³/mol. The highest BCUT2D eigenvalue weighted by Crippen LogP contribution is 2.08. The largest absolute Gasteiger partial charge is 0.480 e.